The van der Waals surface area contributed by atoms with Gasteiger partial charge in [-0.1, -0.05) is 23.4 Å². The number of hydrogen-bond donors (Lipinski definition) is 2. The van der Waals surface area contributed by atoms with Crippen molar-refractivity contribution in [2.75, 3.05) is 18.5 Å². The minimum absolute atomic E-state index is 0.0145. The number of para-hydroxylation sites is 1. The number of nitrogens with zero attached hydrogens (tertiary/aromatic N) is 2. The van der Waals surface area contributed by atoms with Crippen molar-refractivity contribution >= 4 is 11.8 Å². The van der Waals surface area contributed by atoms with Crippen molar-refractivity contribution < 1.29 is 19.2 Å². The second-order valence-corrected chi connectivity index (χ2v) is 5.90. The Balaban J connectivity index is 1.72. The summed E-state index contributed by atoms with van der Waals surface area (Å²) in [7, 11) is 0. The summed E-state index contributed by atoms with van der Waals surface area (Å²) >= 11 is 0. The zero-order chi connectivity index (χ0) is 16.9. The van der Waals surface area contributed by atoms with E-state index in [9.17, 15) is 9.90 Å². The van der Waals surface area contributed by atoms with Crippen LogP contribution in [0, 0.1) is 6.92 Å². The first-order valence-electron chi connectivity index (χ1n) is 7.99. The number of carbonyl (C=O) groups is 1. The molecule has 7 nitrogen and oxygen atoms in total. The van der Waals surface area contributed by atoms with Crippen LogP contribution >= 0.6 is 0 Å². The fraction of sp³-hybridized carbons (Fsp3) is 0.412. The Morgan fingerprint density at radius 1 is 1.46 bits per heavy atom. The topological polar surface area (TPSA) is 87.8 Å². The Kier molecular flexibility index (Phi) is 5.00. The molecule has 24 heavy (non-hydrogen) atoms. The van der Waals surface area contributed by atoms with Crippen molar-refractivity contribution in [3.8, 4) is 5.75 Å². The molecule has 2 heterocycles. The lowest BCUT2D eigenvalue weighted by atomic mass is 10.1. The van der Waals surface area contributed by atoms with Gasteiger partial charge in [0, 0.05) is 24.8 Å². The van der Waals surface area contributed by atoms with Crippen LogP contribution in [0.2, 0.25) is 0 Å². The highest BCUT2D eigenvalue weighted by Gasteiger charge is 2.24. The molecule has 1 aromatic carbocycles. The van der Waals surface area contributed by atoms with Crippen LogP contribution in [0.5, 0.6) is 5.75 Å². The molecule has 2 amide bonds. The zero-order valence-corrected chi connectivity index (χ0v) is 13.6. The van der Waals surface area contributed by atoms with Crippen molar-refractivity contribution in [1.82, 2.24) is 10.1 Å². The summed E-state index contributed by atoms with van der Waals surface area (Å²) in [6.07, 6.45) is 1.94. The number of rotatable bonds is 5. The number of phenols is 1. The molecule has 1 aromatic heterocycles. The number of urea groups is 1. The minimum atomic E-state index is -0.304. The van der Waals surface area contributed by atoms with Crippen LogP contribution in [-0.2, 0) is 11.3 Å². The van der Waals surface area contributed by atoms with E-state index in [2.05, 4.69) is 10.5 Å². The van der Waals surface area contributed by atoms with Gasteiger partial charge in [0.1, 0.15) is 11.5 Å². The van der Waals surface area contributed by atoms with Crippen LogP contribution in [0.15, 0.2) is 34.9 Å². The number of aromatic nitrogens is 1. The highest BCUT2D eigenvalue weighted by molar-refractivity contribution is 5.88. The molecule has 0 unspecified atom stereocenters. The average Bonchev–Trinajstić information content (AvgIpc) is 3.20. The molecule has 2 aromatic rings. The first kappa shape index (κ1) is 16.3. The van der Waals surface area contributed by atoms with Gasteiger partial charge in [-0.2, -0.15) is 0 Å². The normalized spacial score (nSPS) is 17.0. The quantitative estimate of drug-likeness (QED) is 0.879. The summed E-state index contributed by atoms with van der Waals surface area (Å²) in [6, 6.07) is 8.34. The van der Waals surface area contributed by atoms with E-state index in [1.807, 2.05) is 6.07 Å². The third-order valence-electron chi connectivity index (χ3n) is 3.95. The molecule has 1 fully saturated rings. The summed E-state index contributed by atoms with van der Waals surface area (Å²) < 4.78 is 10.6. The summed E-state index contributed by atoms with van der Waals surface area (Å²) in [5.74, 6) is 1.16. The van der Waals surface area contributed by atoms with Gasteiger partial charge in [-0.3, -0.25) is 5.32 Å². The van der Waals surface area contributed by atoms with Gasteiger partial charge in [-0.15, -0.1) is 0 Å². The van der Waals surface area contributed by atoms with Crippen molar-refractivity contribution in [2.24, 2.45) is 0 Å². The highest BCUT2D eigenvalue weighted by atomic mass is 16.5. The van der Waals surface area contributed by atoms with E-state index in [0.717, 1.165) is 19.4 Å². The zero-order valence-electron chi connectivity index (χ0n) is 13.6. The van der Waals surface area contributed by atoms with Crippen LogP contribution in [0.1, 0.15) is 24.2 Å². The van der Waals surface area contributed by atoms with E-state index in [1.165, 1.54) is 0 Å². The van der Waals surface area contributed by atoms with E-state index >= 15 is 0 Å². The lowest BCUT2D eigenvalue weighted by Crippen LogP contribution is -2.39. The van der Waals surface area contributed by atoms with Gasteiger partial charge in [0.2, 0.25) is 0 Å². The number of amides is 2. The molecular formula is C17H21N3O4. The molecule has 0 spiro atoms. The lowest BCUT2D eigenvalue weighted by Gasteiger charge is -2.25. The number of carbonyl (C=O) groups excluding carboxylic acids is 1. The van der Waals surface area contributed by atoms with Gasteiger partial charge in [0.25, 0.3) is 0 Å². The van der Waals surface area contributed by atoms with Crippen LogP contribution in [-0.4, -0.2) is 40.4 Å². The standard InChI is InChI=1S/C17H21N3O4/c1-12-9-16(19-24-12)18-17(22)20(11-14-6-4-8-23-14)10-13-5-2-3-7-15(13)21/h2-3,5,7,9,14,21H,4,6,8,10-11H2,1H3,(H,18,19,22)/t14-/m1/s1. The molecule has 0 saturated carbocycles. The molecule has 1 aliphatic heterocycles. The summed E-state index contributed by atoms with van der Waals surface area (Å²) in [4.78, 5) is 14.2. The third-order valence-corrected chi connectivity index (χ3v) is 3.95. The molecule has 0 radical (unpaired) electrons. The van der Waals surface area contributed by atoms with Gasteiger partial charge in [0.15, 0.2) is 5.82 Å². The summed E-state index contributed by atoms with van der Waals surface area (Å²) in [5, 5.41) is 16.5. The fourth-order valence-electron chi connectivity index (χ4n) is 2.72. The number of nitrogens with one attached hydrogen (secondary N) is 1. The number of benzene rings is 1. The monoisotopic (exact) mass is 331 g/mol. The average molecular weight is 331 g/mol. The number of ether oxygens (including phenoxy) is 1. The molecule has 128 valence electrons. The Morgan fingerprint density at radius 2 is 2.29 bits per heavy atom. The van der Waals surface area contributed by atoms with Gasteiger partial charge in [0.05, 0.1) is 12.6 Å². The Hall–Kier alpha value is -2.54. The second-order valence-electron chi connectivity index (χ2n) is 5.90. The predicted molar refractivity (Wildman–Crippen MR) is 87.7 cm³/mol. The number of anilines is 1. The number of aromatic hydroxyl groups is 1. The number of aryl methyl sites for hydroxylation is 1. The van der Waals surface area contributed by atoms with Gasteiger partial charge in [-0.05, 0) is 25.8 Å². The molecule has 1 saturated heterocycles. The first-order chi connectivity index (χ1) is 11.6. The van der Waals surface area contributed by atoms with Crippen molar-refractivity contribution in [3.63, 3.8) is 0 Å². The second kappa shape index (κ2) is 7.35. The molecule has 7 heteroatoms. The molecule has 0 aliphatic carbocycles. The van der Waals surface area contributed by atoms with E-state index in [1.54, 1.807) is 36.1 Å². The minimum Gasteiger partial charge on any atom is -0.508 e. The number of phenolic OH excluding ortho intramolecular Hbond substituents is 1. The fourth-order valence-corrected chi connectivity index (χ4v) is 2.72. The van der Waals surface area contributed by atoms with Crippen molar-refractivity contribution in [2.45, 2.75) is 32.4 Å². The maximum atomic E-state index is 12.6. The molecule has 1 atom stereocenters. The predicted octanol–water partition coefficient (Wildman–Crippen LogP) is 2.90. The summed E-state index contributed by atoms with van der Waals surface area (Å²) in [6.45, 7) is 3.22. The Labute approximate surface area is 140 Å². The first-order valence-corrected chi connectivity index (χ1v) is 7.99. The SMILES string of the molecule is Cc1cc(NC(=O)N(Cc2ccccc2O)C[C@H]2CCCO2)no1. The molecule has 1 aliphatic rings. The van der Waals surface area contributed by atoms with Crippen molar-refractivity contribution in [3.05, 3.63) is 41.7 Å². The maximum absolute atomic E-state index is 12.6. The van der Waals surface area contributed by atoms with E-state index in [-0.39, 0.29) is 24.4 Å². The Morgan fingerprint density at radius 3 is 2.96 bits per heavy atom. The molecule has 3 rings (SSSR count). The molecule has 2 N–H and O–H groups in total. The largest absolute Gasteiger partial charge is 0.508 e. The van der Waals surface area contributed by atoms with Crippen molar-refractivity contribution in [1.29, 1.82) is 0 Å². The molecular weight excluding hydrogens is 310 g/mol. The number of hydrogen-bond acceptors (Lipinski definition) is 5. The highest BCUT2D eigenvalue weighted by Crippen LogP contribution is 2.21. The Bertz CT molecular complexity index is 695. The van der Waals surface area contributed by atoms with Crippen LogP contribution in [0.25, 0.3) is 0 Å². The van der Waals surface area contributed by atoms with Gasteiger partial charge in [-0.25, -0.2) is 4.79 Å². The van der Waals surface area contributed by atoms with Crippen LogP contribution in [0.3, 0.4) is 0 Å². The van der Waals surface area contributed by atoms with E-state index < -0.39 is 0 Å². The summed E-state index contributed by atoms with van der Waals surface area (Å²) in [5.41, 5.74) is 0.682. The van der Waals surface area contributed by atoms with Crippen LogP contribution < -0.4 is 5.32 Å². The smallest absolute Gasteiger partial charge is 0.323 e. The van der Waals surface area contributed by atoms with Gasteiger partial charge < -0.3 is 19.3 Å². The van der Waals surface area contributed by atoms with E-state index in [4.69, 9.17) is 9.26 Å². The lowest BCUT2D eigenvalue weighted by molar-refractivity contribution is 0.0817. The molecule has 0 bridgehead atoms. The third kappa shape index (κ3) is 4.05. The van der Waals surface area contributed by atoms with Crippen LogP contribution in [0.4, 0.5) is 10.6 Å². The maximum Gasteiger partial charge on any atom is 0.323 e. The van der Waals surface area contributed by atoms with Gasteiger partial charge >= 0.3 is 6.03 Å². The van der Waals surface area contributed by atoms with E-state index in [0.29, 0.717) is 23.7 Å².